The smallest absolute Gasteiger partial charge is 0.387 e. The molecule has 0 aromatic heterocycles. The molecule has 3 rings (SSSR count). The van der Waals surface area contributed by atoms with Crippen LogP contribution < -0.4 is 14.8 Å². The van der Waals surface area contributed by atoms with Gasteiger partial charge in [0.2, 0.25) is 5.84 Å². The highest BCUT2D eigenvalue weighted by atomic mass is 35.5. The van der Waals surface area contributed by atoms with Gasteiger partial charge in [-0.05, 0) is 42.3 Å². The van der Waals surface area contributed by atoms with Crippen molar-refractivity contribution < 1.29 is 27.1 Å². The van der Waals surface area contributed by atoms with Crippen molar-refractivity contribution in [2.45, 2.75) is 17.4 Å². The number of fused-ring (bicyclic) bond motifs is 1. The molecular weight excluding hydrogens is 422 g/mol. The molecule has 0 radical (unpaired) electrons. The lowest BCUT2D eigenvalue weighted by Gasteiger charge is -2.21. The van der Waals surface area contributed by atoms with E-state index in [0.29, 0.717) is 15.6 Å². The van der Waals surface area contributed by atoms with E-state index in [1.165, 1.54) is 12.1 Å². The molecule has 5 nitrogen and oxygen atoms in total. The van der Waals surface area contributed by atoms with Crippen LogP contribution in [-0.2, 0) is 10.7 Å². The van der Waals surface area contributed by atoms with Gasteiger partial charge in [-0.2, -0.15) is 17.6 Å². The van der Waals surface area contributed by atoms with Gasteiger partial charge < -0.3 is 14.8 Å². The monoisotopic (exact) mass is 433 g/mol. The molecule has 0 saturated carbocycles. The Kier molecular flexibility index (Phi) is 5.99. The maximum Gasteiger partial charge on any atom is 0.387 e. The first kappa shape index (κ1) is 20.3. The minimum atomic E-state index is -3.64. The van der Waals surface area contributed by atoms with Gasteiger partial charge >= 0.3 is 6.61 Å². The van der Waals surface area contributed by atoms with E-state index in [-0.39, 0.29) is 5.84 Å². The fourth-order valence-corrected chi connectivity index (χ4v) is 3.33. The zero-order valence-corrected chi connectivity index (χ0v) is 15.5. The number of para-hydroxylation sites is 1. The number of nitrogens with zero attached hydrogens (tertiary/aromatic N) is 1. The number of amidine groups is 1. The molecule has 0 aliphatic carbocycles. The number of aliphatic imine (C=N–C) groups is 1. The summed E-state index contributed by atoms with van der Waals surface area (Å²) in [4.78, 5) is 16.9. The van der Waals surface area contributed by atoms with Gasteiger partial charge in [-0.15, -0.1) is 0 Å². The molecule has 0 spiro atoms. The van der Waals surface area contributed by atoms with Crippen LogP contribution in [0, 0.1) is 0 Å². The highest BCUT2D eigenvalue weighted by molar-refractivity contribution is 7.98. The molecule has 0 unspecified atom stereocenters. The van der Waals surface area contributed by atoms with Gasteiger partial charge in [0.05, 0.1) is 22.7 Å². The zero-order valence-electron chi connectivity index (χ0n) is 13.9. The maximum absolute atomic E-state index is 14.5. The average molecular weight is 434 g/mol. The maximum atomic E-state index is 14.5. The largest absolute Gasteiger partial charge is 0.434 e. The van der Waals surface area contributed by atoms with Crippen molar-refractivity contribution >= 4 is 41.0 Å². The number of carbonyl (C=O) groups excluding carboxylic acids is 1. The van der Waals surface area contributed by atoms with Gasteiger partial charge in [0.15, 0.2) is 0 Å². The highest BCUT2D eigenvalue weighted by Crippen LogP contribution is 2.36. The van der Waals surface area contributed by atoms with Crippen LogP contribution in [0.1, 0.15) is 5.56 Å². The number of nitrogens with one attached hydrogen (secondary N) is 2. The molecule has 0 saturated heterocycles. The first-order chi connectivity index (χ1) is 13.3. The Morgan fingerprint density at radius 3 is 2.79 bits per heavy atom. The Balaban J connectivity index is 1.71. The number of carbonyl (C=O) groups is 1. The lowest BCUT2D eigenvalue weighted by Crippen LogP contribution is -2.42. The van der Waals surface area contributed by atoms with Crippen molar-refractivity contribution in [3.63, 3.8) is 0 Å². The normalized spacial score (nSPS) is 13.4. The van der Waals surface area contributed by atoms with E-state index in [0.717, 1.165) is 24.1 Å². The first-order valence-electron chi connectivity index (χ1n) is 7.78. The zero-order chi connectivity index (χ0) is 20.3. The fraction of sp³-hybridized carbons (Fsp3) is 0.176. The summed E-state index contributed by atoms with van der Waals surface area (Å²) in [6.07, 6.45) is 0. The summed E-state index contributed by atoms with van der Waals surface area (Å²) in [5, 5.41) is 2.54. The third-order valence-corrected chi connectivity index (χ3v) is 4.67. The van der Waals surface area contributed by atoms with Crippen LogP contribution >= 0.6 is 23.5 Å². The van der Waals surface area contributed by atoms with Gasteiger partial charge in [0.1, 0.15) is 5.75 Å². The van der Waals surface area contributed by atoms with Crippen LogP contribution in [0.4, 0.5) is 23.2 Å². The van der Waals surface area contributed by atoms with E-state index in [1.54, 1.807) is 18.2 Å². The van der Waals surface area contributed by atoms with Crippen LogP contribution in [0.2, 0.25) is 5.02 Å². The van der Waals surface area contributed by atoms with Crippen molar-refractivity contribution in [3.05, 3.63) is 53.1 Å². The summed E-state index contributed by atoms with van der Waals surface area (Å²) < 4.78 is 60.5. The molecule has 1 aliphatic heterocycles. The van der Waals surface area contributed by atoms with E-state index in [2.05, 4.69) is 14.5 Å². The molecule has 0 fully saturated rings. The Hall–Kier alpha value is -2.46. The first-order valence-corrected chi connectivity index (χ1v) is 8.97. The Morgan fingerprint density at radius 1 is 1.29 bits per heavy atom. The predicted octanol–water partition coefficient (Wildman–Crippen LogP) is 4.49. The fourth-order valence-electron chi connectivity index (χ4n) is 2.34. The van der Waals surface area contributed by atoms with Crippen LogP contribution in [0.3, 0.4) is 0 Å². The molecule has 2 aromatic carbocycles. The molecule has 11 heteroatoms. The lowest BCUT2D eigenvalue weighted by atomic mass is 10.1. The summed E-state index contributed by atoms with van der Waals surface area (Å²) >= 11 is 6.93. The average Bonchev–Trinajstić information content (AvgIpc) is 2.65. The number of alkyl halides is 4. The van der Waals surface area contributed by atoms with Crippen molar-refractivity contribution in [1.29, 1.82) is 0 Å². The van der Waals surface area contributed by atoms with Crippen LogP contribution in [0.15, 0.2) is 52.4 Å². The summed E-state index contributed by atoms with van der Waals surface area (Å²) in [7, 11) is 0. The summed E-state index contributed by atoms with van der Waals surface area (Å²) in [6, 6.07) is 9.32. The molecule has 1 aliphatic rings. The number of ether oxygens (including phenoxy) is 1. The molecule has 148 valence electrons. The van der Waals surface area contributed by atoms with Crippen molar-refractivity contribution in [3.8, 4) is 5.75 Å². The highest BCUT2D eigenvalue weighted by Gasteiger charge is 2.36. The van der Waals surface area contributed by atoms with E-state index in [9.17, 15) is 22.4 Å². The third kappa shape index (κ3) is 4.68. The molecule has 0 bridgehead atoms. The molecule has 2 N–H and O–H groups in total. The minimum Gasteiger partial charge on any atom is -0.434 e. The van der Waals surface area contributed by atoms with Gasteiger partial charge in [-0.1, -0.05) is 23.7 Å². The van der Waals surface area contributed by atoms with E-state index in [4.69, 9.17) is 11.6 Å². The minimum absolute atomic E-state index is 0.173. The van der Waals surface area contributed by atoms with Gasteiger partial charge in [0, 0.05) is 5.02 Å². The second-order valence-electron chi connectivity index (χ2n) is 5.54. The Labute approximate surface area is 166 Å². The van der Waals surface area contributed by atoms with E-state index < -0.39 is 36.3 Å². The van der Waals surface area contributed by atoms with Crippen LogP contribution in [-0.4, -0.2) is 24.9 Å². The van der Waals surface area contributed by atoms with Gasteiger partial charge in [-0.3, -0.25) is 4.79 Å². The number of amides is 1. The Bertz CT molecular complexity index is 927. The van der Waals surface area contributed by atoms with Crippen LogP contribution in [0.5, 0.6) is 5.75 Å². The van der Waals surface area contributed by atoms with E-state index in [1.807, 2.05) is 5.32 Å². The molecule has 2 aromatic rings. The number of halogens is 5. The SMILES string of the molecule is O=C(NCC(F)(F)c1ccccc1OC(F)F)C1=Nc2ccc(Cl)cc2SN1. The van der Waals surface area contributed by atoms with Crippen molar-refractivity contribution in [2.75, 3.05) is 6.54 Å². The van der Waals surface area contributed by atoms with Crippen molar-refractivity contribution in [2.24, 2.45) is 4.99 Å². The number of benzene rings is 2. The van der Waals surface area contributed by atoms with Crippen molar-refractivity contribution in [1.82, 2.24) is 10.0 Å². The molecule has 1 amide bonds. The lowest BCUT2D eigenvalue weighted by molar-refractivity contribution is -0.117. The van der Waals surface area contributed by atoms with E-state index >= 15 is 0 Å². The predicted molar refractivity (Wildman–Crippen MR) is 97.5 cm³/mol. The summed E-state index contributed by atoms with van der Waals surface area (Å²) in [5.74, 6) is -5.35. The quantitative estimate of drug-likeness (QED) is 0.520. The summed E-state index contributed by atoms with van der Waals surface area (Å²) in [5.41, 5.74) is -0.302. The molecule has 0 atom stereocenters. The number of rotatable bonds is 6. The summed E-state index contributed by atoms with van der Waals surface area (Å²) in [6.45, 7) is -4.38. The topological polar surface area (TPSA) is 62.7 Å². The van der Waals surface area contributed by atoms with Gasteiger partial charge in [0.25, 0.3) is 11.8 Å². The standard InChI is InChI=1S/C17H12ClF4N3O2S/c18-9-5-6-11-13(7-9)28-25-14(24-11)15(26)23-8-17(21,22)10-3-1-2-4-12(10)27-16(19)20/h1-7,16H,8H2,(H,23,26)(H,24,25). The molecule has 28 heavy (non-hydrogen) atoms. The Morgan fingerprint density at radius 2 is 2.04 bits per heavy atom. The molecular formula is C17H12ClF4N3O2S. The second kappa shape index (κ2) is 8.27. The third-order valence-electron chi connectivity index (χ3n) is 3.59. The number of hydrogen-bond donors (Lipinski definition) is 2. The number of hydrogen-bond acceptors (Lipinski definition) is 5. The van der Waals surface area contributed by atoms with Gasteiger partial charge in [-0.25, -0.2) is 4.99 Å². The van der Waals surface area contributed by atoms with Crippen LogP contribution in [0.25, 0.3) is 0 Å². The second-order valence-corrected chi connectivity index (χ2v) is 6.82. The molecule has 1 heterocycles.